The topological polar surface area (TPSA) is 25.4 Å². The second-order valence-electron chi connectivity index (χ2n) is 2.93. The van der Waals surface area contributed by atoms with Gasteiger partial charge in [0.25, 0.3) is 0 Å². The minimum absolute atomic E-state index is 0.570. The van der Waals surface area contributed by atoms with Gasteiger partial charge in [-0.25, -0.2) is 4.98 Å². The van der Waals surface area contributed by atoms with E-state index < -0.39 is 0 Å². The van der Waals surface area contributed by atoms with Gasteiger partial charge in [-0.2, -0.15) is 0 Å². The first-order valence-electron chi connectivity index (χ1n) is 4.40. The molecule has 0 fully saturated rings. The molecule has 0 saturated heterocycles. The van der Waals surface area contributed by atoms with Crippen LogP contribution in [0.25, 0.3) is 0 Å². The van der Waals surface area contributed by atoms with Crippen LogP contribution in [0.5, 0.6) is 0 Å². The quantitative estimate of drug-likeness (QED) is 0.688. The number of nitrogens with zero attached hydrogens (tertiary/aromatic N) is 2. The zero-order valence-corrected chi connectivity index (χ0v) is 7.60. The average Bonchev–Trinajstić information content (AvgIpc) is 2.71. The fourth-order valence-electron chi connectivity index (χ4n) is 1.26. The number of rotatable bonds is 2. The summed E-state index contributed by atoms with van der Waals surface area (Å²) in [7, 11) is 0. The van der Waals surface area contributed by atoms with Crippen LogP contribution in [0.3, 0.4) is 0 Å². The number of hydrogen-bond acceptors (Lipinski definition) is 3. The molecule has 0 unspecified atom stereocenters. The van der Waals surface area contributed by atoms with E-state index in [1.165, 1.54) is 5.56 Å². The molecule has 13 heavy (non-hydrogen) atoms. The van der Waals surface area contributed by atoms with E-state index in [0.29, 0.717) is 6.73 Å². The molecule has 2 rings (SSSR count). The Labute approximate surface area is 77.7 Å². The van der Waals surface area contributed by atoms with Crippen LogP contribution in [0.2, 0.25) is 0 Å². The van der Waals surface area contributed by atoms with Crippen LogP contribution in [0.4, 0.5) is 5.82 Å². The molecule has 2 heterocycles. The Kier molecular flexibility index (Phi) is 2.17. The molecule has 1 aliphatic heterocycles. The molecule has 0 radical (unpaired) electrons. The predicted molar refractivity (Wildman–Crippen MR) is 51.2 cm³/mol. The lowest BCUT2D eigenvalue weighted by Crippen LogP contribution is -2.14. The number of anilines is 1. The number of ether oxygens (including phenoxy) is 1. The van der Waals surface area contributed by atoms with Gasteiger partial charge in [-0.15, -0.1) is 0 Å². The molecule has 0 saturated carbocycles. The van der Waals surface area contributed by atoms with E-state index in [0.717, 1.165) is 12.2 Å². The van der Waals surface area contributed by atoms with Crippen molar-refractivity contribution in [1.82, 2.24) is 4.98 Å². The smallest absolute Gasteiger partial charge is 0.165 e. The Bertz CT molecular complexity index is 322. The van der Waals surface area contributed by atoms with Gasteiger partial charge >= 0.3 is 0 Å². The third-order valence-electron chi connectivity index (χ3n) is 2.06. The van der Waals surface area contributed by atoms with E-state index >= 15 is 0 Å². The van der Waals surface area contributed by atoms with Crippen molar-refractivity contribution >= 4 is 5.82 Å². The molecule has 0 amide bonds. The maximum Gasteiger partial charge on any atom is 0.165 e. The highest BCUT2D eigenvalue weighted by molar-refractivity contribution is 5.44. The van der Waals surface area contributed by atoms with Crippen LogP contribution >= 0.6 is 0 Å². The van der Waals surface area contributed by atoms with Crippen molar-refractivity contribution in [2.75, 3.05) is 11.6 Å². The zero-order valence-electron chi connectivity index (χ0n) is 7.60. The van der Waals surface area contributed by atoms with Crippen molar-refractivity contribution in [2.24, 2.45) is 0 Å². The van der Waals surface area contributed by atoms with E-state index in [9.17, 15) is 0 Å². The van der Waals surface area contributed by atoms with Crippen LogP contribution in [-0.2, 0) is 11.2 Å². The van der Waals surface area contributed by atoms with Crippen LogP contribution in [0, 0.1) is 0 Å². The molecule has 1 aromatic rings. The summed E-state index contributed by atoms with van der Waals surface area (Å²) in [5, 5.41) is 0. The fourth-order valence-corrected chi connectivity index (χ4v) is 1.26. The lowest BCUT2D eigenvalue weighted by molar-refractivity contribution is 0.281. The minimum atomic E-state index is 0.570. The Morgan fingerprint density at radius 3 is 3.23 bits per heavy atom. The van der Waals surface area contributed by atoms with Crippen LogP contribution in [-0.4, -0.2) is 11.7 Å². The number of pyridine rings is 1. The van der Waals surface area contributed by atoms with Gasteiger partial charge in [-0.05, 0) is 24.1 Å². The Morgan fingerprint density at radius 2 is 2.54 bits per heavy atom. The summed E-state index contributed by atoms with van der Waals surface area (Å²) >= 11 is 0. The molecule has 3 nitrogen and oxygen atoms in total. The van der Waals surface area contributed by atoms with Gasteiger partial charge in [-0.3, -0.25) is 4.90 Å². The monoisotopic (exact) mass is 176 g/mol. The molecule has 0 spiro atoms. The maximum absolute atomic E-state index is 5.09. The van der Waals surface area contributed by atoms with E-state index in [4.69, 9.17) is 4.74 Å². The summed E-state index contributed by atoms with van der Waals surface area (Å²) in [5.41, 5.74) is 1.30. The van der Waals surface area contributed by atoms with Gasteiger partial charge in [0, 0.05) is 12.4 Å². The third kappa shape index (κ3) is 1.64. The summed E-state index contributed by atoms with van der Waals surface area (Å²) < 4.78 is 5.09. The number of aryl methyl sites for hydroxylation is 1. The van der Waals surface area contributed by atoms with E-state index in [-0.39, 0.29) is 0 Å². The summed E-state index contributed by atoms with van der Waals surface area (Å²) in [6.45, 7) is 2.70. The first-order valence-corrected chi connectivity index (χ1v) is 4.40. The molecule has 3 heteroatoms. The Balaban J connectivity index is 2.24. The molecular weight excluding hydrogens is 164 g/mol. The van der Waals surface area contributed by atoms with Crippen molar-refractivity contribution in [3.8, 4) is 0 Å². The Hall–Kier alpha value is -1.51. The van der Waals surface area contributed by atoms with Crippen LogP contribution < -0.4 is 4.90 Å². The van der Waals surface area contributed by atoms with Gasteiger partial charge < -0.3 is 4.74 Å². The molecule has 1 aliphatic rings. The summed E-state index contributed by atoms with van der Waals surface area (Å²) in [4.78, 5) is 6.24. The highest BCUT2D eigenvalue weighted by Crippen LogP contribution is 2.16. The first kappa shape index (κ1) is 8.10. The van der Waals surface area contributed by atoms with Crippen molar-refractivity contribution in [2.45, 2.75) is 13.3 Å². The largest absolute Gasteiger partial charge is 0.479 e. The van der Waals surface area contributed by atoms with Crippen molar-refractivity contribution in [3.63, 3.8) is 0 Å². The lowest BCUT2D eigenvalue weighted by Gasteiger charge is -2.12. The fraction of sp³-hybridized carbons (Fsp3) is 0.300. The number of hydrogen-bond donors (Lipinski definition) is 0. The molecule has 0 bridgehead atoms. The second kappa shape index (κ2) is 3.47. The van der Waals surface area contributed by atoms with Gasteiger partial charge in [0.1, 0.15) is 12.1 Å². The second-order valence-corrected chi connectivity index (χ2v) is 2.93. The van der Waals surface area contributed by atoms with Gasteiger partial charge in [-0.1, -0.05) is 6.92 Å². The zero-order chi connectivity index (χ0) is 9.10. The lowest BCUT2D eigenvalue weighted by atomic mass is 10.2. The van der Waals surface area contributed by atoms with Gasteiger partial charge in [0.05, 0.1) is 0 Å². The molecule has 0 N–H and O–H groups in total. The van der Waals surface area contributed by atoms with Crippen molar-refractivity contribution in [1.29, 1.82) is 0 Å². The number of aromatic nitrogens is 1. The third-order valence-corrected chi connectivity index (χ3v) is 2.06. The summed E-state index contributed by atoms with van der Waals surface area (Å²) in [6.07, 6.45) is 6.44. The molecule has 0 atom stereocenters. The standard InChI is InChI=1S/C10H12N2O/c1-2-9-3-4-11-10(7-9)12-5-6-13-8-12/h3-7H,2,8H2,1H3. The van der Waals surface area contributed by atoms with Crippen LogP contribution in [0.1, 0.15) is 12.5 Å². The molecule has 68 valence electrons. The van der Waals surface area contributed by atoms with Gasteiger partial charge in [0.2, 0.25) is 0 Å². The molecule has 0 aliphatic carbocycles. The average molecular weight is 176 g/mol. The van der Waals surface area contributed by atoms with Gasteiger partial charge in [0.15, 0.2) is 6.73 Å². The maximum atomic E-state index is 5.09. The normalized spacial score (nSPS) is 14.7. The van der Waals surface area contributed by atoms with E-state index in [2.05, 4.69) is 18.0 Å². The SMILES string of the molecule is CCc1ccnc(N2C=COC2)c1. The van der Waals surface area contributed by atoms with E-state index in [1.807, 2.05) is 23.4 Å². The van der Waals surface area contributed by atoms with E-state index in [1.54, 1.807) is 6.26 Å². The highest BCUT2D eigenvalue weighted by atomic mass is 16.5. The predicted octanol–water partition coefficient (Wildman–Crippen LogP) is 1.91. The van der Waals surface area contributed by atoms with Crippen molar-refractivity contribution in [3.05, 3.63) is 36.4 Å². The highest BCUT2D eigenvalue weighted by Gasteiger charge is 2.08. The minimum Gasteiger partial charge on any atom is -0.479 e. The molecular formula is C10H12N2O. The Morgan fingerprint density at radius 1 is 1.62 bits per heavy atom. The molecule has 1 aromatic heterocycles. The molecule has 0 aromatic carbocycles. The van der Waals surface area contributed by atoms with Crippen LogP contribution in [0.15, 0.2) is 30.8 Å². The first-order chi connectivity index (χ1) is 6.40. The summed E-state index contributed by atoms with van der Waals surface area (Å²) in [5.74, 6) is 0.952. The summed E-state index contributed by atoms with van der Waals surface area (Å²) in [6, 6.07) is 4.11. The van der Waals surface area contributed by atoms with Crippen molar-refractivity contribution < 1.29 is 4.74 Å².